The zero-order valence-electron chi connectivity index (χ0n) is 11.7. The highest BCUT2D eigenvalue weighted by atomic mass is 16.5. The Kier molecular flexibility index (Phi) is 8.90. The summed E-state index contributed by atoms with van der Waals surface area (Å²) in [6.45, 7) is 13.0. The summed E-state index contributed by atoms with van der Waals surface area (Å²) in [7, 11) is 1.77. The van der Waals surface area contributed by atoms with Crippen molar-refractivity contribution >= 4 is 0 Å². The van der Waals surface area contributed by atoms with Crippen molar-refractivity contribution in [2.24, 2.45) is 5.92 Å². The third-order valence-electron chi connectivity index (χ3n) is 2.45. The highest BCUT2D eigenvalue weighted by Gasteiger charge is 2.06. The molecule has 0 aromatic rings. The molecule has 0 aliphatic rings. The van der Waals surface area contributed by atoms with E-state index in [0.29, 0.717) is 5.92 Å². The lowest BCUT2D eigenvalue weighted by Gasteiger charge is -2.20. The quantitative estimate of drug-likeness (QED) is 0.595. The van der Waals surface area contributed by atoms with E-state index in [-0.39, 0.29) is 5.54 Å². The van der Waals surface area contributed by atoms with Gasteiger partial charge in [0.15, 0.2) is 0 Å². The zero-order valence-corrected chi connectivity index (χ0v) is 11.7. The Morgan fingerprint density at radius 1 is 1.12 bits per heavy atom. The summed E-state index contributed by atoms with van der Waals surface area (Å²) in [5.41, 5.74) is 0.243. The molecule has 1 unspecified atom stereocenters. The Bertz CT molecular complexity index is 155. The summed E-state index contributed by atoms with van der Waals surface area (Å²) < 4.78 is 5.10. The van der Waals surface area contributed by atoms with Gasteiger partial charge in [-0.3, -0.25) is 0 Å². The van der Waals surface area contributed by atoms with E-state index in [9.17, 15) is 0 Å². The van der Waals surface area contributed by atoms with Crippen LogP contribution < -0.4 is 10.6 Å². The Labute approximate surface area is 101 Å². The first-order valence-corrected chi connectivity index (χ1v) is 6.40. The summed E-state index contributed by atoms with van der Waals surface area (Å²) in [5.74, 6) is 0.658. The van der Waals surface area contributed by atoms with Gasteiger partial charge >= 0.3 is 0 Å². The Morgan fingerprint density at radius 3 is 2.38 bits per heavy atom. The lowest BCUT2D eigenvalue weighted by atomic mass is 10.1. The fourth-order valence-electron chi connectivity index (χ4n) is 1.52. The maximum absolute atomic E-state index is 5.10. The van der Waals surface area contributed by atoms with Crippen LogP contribution in [0.3, 0.4) is 0 Å². The molecule has 16 heavy (non-hydrogen) atoms. The second kappa shape index (κ2) is 8.97. The standard InChI is InChI=1S/C13H30N2O/c1-12(11-16-5)7-10-14-8-6-9-15-13(2,3)4/h12,14-15H,6-11H2,1-5H3. The first-order chi connectivity index (χ1) is 7.45. The minimum atomic E-state index is 0.243. The van der Waals surface area contributed by atoms with Crippen molar-refractivity contribution in [2.45, 2.75) is 46.1 Å². The second-order valence-electron chi connectivity index (χ2n) is 5.63. The van der Waals surface area contributed by atoms with Crippen molar-refractivity contribution in [3.63, 3.8) is 0 Å². The van der Waals surface area contributed by atoms with Crippen molar-refractivity contribution < 1.29 is 4.74 Å². The van der Waals surface area contributed by atoms with Crippen molar-refractivity contribution in [3.8, 4) is 0 Å². The Hall–Kier alpha value is -0.120. The van der Waals surface area contributed by atoms with Gasteiger partial charge in [0, 0.05) is 19.3 Å². The molecule has 3 heteroatoms. The molecule has 0 saturated heterocycles. The van der Waals surface area contributed by atoms with Gasteiger partial charge in [-0.25, -0.2) is 0 Å². The van der Waals surface area contributed by atoms with Gasteiger partial charge in [0.1, 0.15) is 0 Å². The first kappa shape index (κ1) is 15.9. The van der Waals surface area contributed by atoms with E-state index in [4.69, 9.17) is 4.74 Å². The van der Waals surface area contributed by atoms with Crippen molar-refractivity contribution in [2.75, 3.05) is 33.4 Å². The van der Waals surface area contributed by atoms with Gasteiger partial charge in [-0.2, -0.15) is 0 Å². The van der Waals surface area contributed by atoms with E-state index in [2.05, 4.69) is 38.3 Å². The fraction of sp³-hybridized carbons (Fsp3) is 1.00. The van der Waals surface area contributed by atoms with Crippen molar-refractivity contribution in [3.05, 3.63) is 0 Å². The molecule has 0 aliphatic carbocycles. The Morgan fingerprint density at radius 2 is 1.81 bits per heavy atom. The largest absolute Gasteiger partial charge is 0.384 e. The van der Waals surface area contributed by atoms with Gasteiger partial charge in [0.2, 0.25) is 0 Å². The van der Waals surface area contributed by atoms with E-state index >= 15 is 0 Å². The van der Waals surface area contributed by atoms with Gasteiger partial charge in [-0.15, -0.1) is 0 Å². The van der Waals surface area contributed by atoms with E-state index in [1.807, 2.05) is 0 Å². The van der Waals surface area contributed by atoms with Gasteiger partial charge in [-0.1, -0.05) is 6.92 Å². The predicted molar refractivity (Wildman–Crippen MR) is 70.9 cm³/mol. The van der Waals surface area contributed by atoms with Crippen molar-refractivity contribution in [1.29, 1.82) is 0 Å². The topological polar surface area (TPSA) is 33.3 Å². The average molecular weight is 230 g/mol. The molecule has 0 amide bonds. The molecule has 0 aromatic heterocycles. The van der Waals surface area contributed by atoms with Crippen LogP contribution >= 0.6 is 0 Å². The lowest BCUT2D eigenvalue weighted by molar-refractivity contribution is 0.155. The zero-order chi connectivity index (χ0) is 12.4. The smallest absolute Gasteiger partial charge is 0.0488 e. The number of hydrogen-bond donors (Lipinski definition) is 2. The maximum atomic E-state index is 5.10. The highest BCUT2D eigenvalue weighted by molar-refractivity contribution is 4.69. The minimum Gasteiger partial charge on any atom is -0.384 e. The van der Waals surface area contributed by atoms with Crippen LogP contribution in [0.25, 0.3) is 0 Å². The molecule has 0 aliphatic heterocycles. The normalized spacial score (nSPS) is 14.1. The van der Waals surface area contributed by atoms with Crippen LogP contribution in [0.5, 0.6) is 0 Å². The maximum Gasteiger partial charge on any atom is 0.0488 e. The lowest BCUT2D eigenvalue weighted by Crippen LogP contribution is -2.37. The van der Waals surface area contributed by atoms with Crippen LogP contribution in [-0.2, 0) is 4.74 Å². The monoisotopic (exact) mass is 230 g/mol. The van der Waals surface area contributed by atoms with Crippen molar-refractivity contribution in [1.82, 2.24) is 10.6 Å². The number of nitrogens with one attached hydrogen (secondary N) is 2. The molecule has 1 atom stereocenters. The molecule has 0 spiro atoms. The fourth-order valence-corrected chi connectivity index (χ4v) is 1.52. The summed E-state index contributed by atoms with van der Waals surface area (Å²) in [6, 6.07) is 0. The molecule has 3 nitrogen and oxygen atoms in total. The van der Waals surface area contributed by atoms with Gasteiger partial charge in [-0.05, 0) is 59.2 Å². The SMILES string of the molecule is COCC(C)CCNCCCNC(C)(C)C. The number of methoxy groups -OCH3 is 1. The minimum absolute atomic E-state index is 0.243. The molecule has 0 saturated carbocycles. The van der Waals surface area contributed by atoms with Gasteiger partial charge in [0.05, 0.1) is 0 Å². The summed E-state index contributed by atoms with van der Waals surface area (Å²) in [5, 5.41) is 6.95. The molecular formula is C13H30N2O. The first-order valence-electron chi connectivity index (χ1n) is 6.40. The third kappa shape index (κ3) is 12.0. The highest BCUT2D eigenvalue weighted by Crippen LogP contribution is 2.00. The van der Waals surface area contributed by atoms with Gasteiger partial charge < -0.3 is 15.4 Å². The van der Waals surface area contributed by atoms with E-state index < -0.39 is 0 Å². The molecule has 0 rings (SSSR count). The molecule has 0 fully saturated rings. The molecule has 0 heterocycles. The molecule has 0 aromatic carbocycles. The van der Waals surface area contributed by atoms with Crippen LogP contribution in [-0.4, -0.2) is 38.9 Å². The third-order valence-corrected chi connectivity index (χ3v) is 2.45. The van der Waals surface area contributed by atoms with E-state index in [1.165, 1.54) is 12.8 Å². The molecule has 2 N–H and O–H groups in total. The second-order valence-corrected chi connectivity index (χ2v) is 5.63. The molecule has 0 bridgehead atoms. The number of rotatable bonds is 9. The van der Waals surface area contributed by atoms with E-state index in [1.54, 1.807) is 7.11 Å². The molecule has 0 radical (unpaired) electrons. The van der Waals surface area contributed by atoms with Crippen LogP contribution in [0.1, 0.15) is 40.5 Å². The number of ether oxygens (including phenoxy) is 1. The summed E-state index contributed by atoms with van der Waals surface area (Å²) in [4.78, 5) is 0. The van der Waals surface area contributed by atoms with Crippen LogP contribution in [0, 0.1) is 5.92 Å². The predicted octanol–water partition coefficient (Wildman–Crippen LogP) is 2.03. The number of hydrogen-bond acceptors (Lipinski definition) is 3. The summed E-state index contributed by atoms with van der Waals surface area (Å²) in [6.07, 6.45) is 2.39. The van der Waals surface area contributed by atoms with Gasteiger partial charge in [0.25, 0.3) is 0 Å². The average Bonchev–Trinajstić information content (AvgIpc) is 2.15. The van der Waals surface area contributed by atoms with Crippen LogP contribution in [0.4, 0.5) is 0 Å². The van der Waals surface area contributed by atoms with E-state index in [0.717, 1.165) is 26.2 Å². The molecular weight excluding hydrogens is 200 g/mol. The summed E-state index contributed by atoms with van der Waals surface area (Å²) >= 11 is 0. The van der Waals surface area contributed by atoms with Crippen LogP contribution in [0.2, 0.25) is 0 Å². The molecule has 98 valence electrons. The Balaban J connectivity index is 3.16. The van der Waals surface area contributed by atoms with Crippen LogP contribution in [0.15, 0.2) is 0 Å².